The van der Waals surface area contributed by atoms with Crippen molar-refractivity contribution in [1.29, 1.82) is 0 Å². The predicted molar refractivity (Wildman–Crippen MR) is 134 cm³/mol. The van der Waals surface area contributed by atoms with E-state index < -0.39 is 0 Å². The number of piperidine rings is 1. The van der Waals surface area contributed by atoms with Crippen LogP contribution < -0.4 is 9.80 Å². The highest BCUT2D eigenvalue weighted by Crippen LogP contribution is 2.28. The van der Waals surface area contributed by atoms with E-state index in [9.17, 15) is 5.11 Å². The summed E-state index contributed by atoms with van der Waals surface area (Å²) >= 11 is 0. The maximum atomic E-state index is 9.87. The van der Waals surface area contributed by atoms with Gasteiger partial charge in [0, 0.05) is 69.5 Å². The first-order chi connectivity index (χ1) is 16.6. The van der Waals surface area contributed by atoms with Gasteiger partial charge in [-0.2, -0.15) is 5.10 Å². The third kappa shape index (κ3) is 4.93. The predicted octanol–water partition coefficient (Wildman–Crippen LogP) is 2.62. The number of aromatic nitrogens is 4. The SMILES string of the molecule is Cc1nn(Cc2ccccc2)c(C)c1CN1CCN(c2nccnc2N2CCC(O)CC2)CC1. The second-order valence-electron chi connectivity index (χ2n) is 9.48. The quantitative estimate of drug-likeness (QED) is 0.605. The zero-order chi connectivity index (χ0) is 23.5. The minimum Gasteiger partial charge on any atom is -0.393 e. The van der Waals surface area contributed by atoms with Crippen LogP contribution >= 0.6 is 0 Å². The Bertz CT molecular complexity index is 1080. The summed E-state index contributed by atoms with van der Waals surface area (Å²) in [6.45, 7) is 11.5. The van der Waals surface area contributed by atoms with Crippen LogP contribution in [-0.2, 0) is 13.1 Å². The smallest absolute Gasteiger partial charge is 0.172 e. The van der Waals surface area contributed by atoms with Crippen molar-refractivity contribution in [3.63, 3.8) is 0 Å². The summed E-state index contributed by atoms with van der Waals surface area (Å²) < 4.78 is 2.14. The molecule has 1 aromatic carbocycles. The molecular formula is C26H35N7O. The molecule has 1 N–H and O–H groups in total. The monoisotopic (exact) mass is 461 g/mol. The minimum absolute atomic E-state index is 0.191. The van der Waals surface area contributed by atoms with E-state index >= 15 is 0 Å². The summed E-state index contributed by atoms with van der Waals surface area (Å²) in [6, 6.07) is 10.5. The third-order valence-electron chi connectivity index (χ3n) is 7.18. The second-order valence-corrected chi connectivity index (χ2v) is 9.48. The Balaban J connectivity index is 1.22. The lowest BCUT2D eigenvalue weighted by Gasteiger charge is -2.38. The van der Waals surface area contributed by atoms with E-state index in [2.05, 4.69) is 68.5 Å². The van der Waals surface area contributed by atoms with Crippen LogP contribution in [0.4, 0.5) is 11.6 Å². The van der Waals surface area contributed by atoms with Crippen molar-refractivity contribution in [1.82, 2.24) is 24.6 Å². The zero-order valence-electron chi connectivity index (χ0n) is 20.3. The molecule has 0 spiro atoms. The number of nitrogens with zero attached hydrogens (tertiary/aromatic N) is 7. The average molecular weight is 462 g/mol. The molecule has 2 aromatic heterocycles. The lowest BCUT2D eigenvalue weighted by atomic mass is 10.1. The summed E-state index contributed by atoms with van der Waals surface area (Å²) in [4.78, 5) is 16.5. The molecule has 2 aliphatic rings. The Morgan fingerprint density at radius 1 is 0.824 bits per heavy atom. The topological polar surface area (TPSA) is 73.6 Å². The highest BCUT2D eigenvalue weighted by Gasteiger charge is 2.26. The van der Waals surface area contributed by atoms with Crippen molar-refractivity contribution in [2.24, 2.45) is 0 Å². The van der Waals surface area contributed by atoms with Crippen molar-refractivity contribution in [3.8, 4) is 0 Å². The van der Waals surface area contributed by atoms with Crippen molar-refractivity contribution in [2.45, 2.75) is 45.9 Å². The molecule has 0 aliphatic carbocycles. The lowest BCUT2D eigenvalue weighted by Crippen LogP contribution is -2.47. The van der Waals surface area contributed by atoms with Gasteiger partial charge in [0.15, 0.2) is 11.6 Å². The van der Waals surface area contributed by atoms with Crippen molar-refractivity contribution >= 4 is 11.6 Å². The molecule has 8 heteroatoms. The fourth-order valence-electron chi connectivity index (χ4n) is 5.06. The number of aliphatic hydroxyl groups excluding tert-OH is 1. The molecule has 2 saturated heterocycles. The molecule has 3 aromatic rings. The molecule has 5 rings (SSSR count). The molecule has 0 amide bonds. The first-order valence-corrected chi connectivity index (χ1v) is 12.4. The maximum Gasteiger partial charge on any atom is 0.172 e. The molecule has 34 heavy (non-hydrogen) atoms. The number of aliphatic hydroxyl groups is 1. The van der Waals surface area contributed by atoms with Gasteiger partial charge in [-0.15, -0.1) is 0 Å². The van der Waals surface area contributed by atoms with E-state index in [0.717, 1.165) is 82.5 Å². The number of hydrogen-bond donors (Lipinski definition) is 1. The average Bonchev–Trinajstić information content (AvgIpc) is 3.13. The highest BCUT2D eigenvalue weighted by molar-refractivity contribution is 5.62. The molecule has 0 bridgehead atoms. The van der Waals surface area contributed by atoms with Crippen LogP contribution in [0.3, 0.4) is 0 Å². The molecule has 0 unspecified atom stereocenters. The van der Waals surface area contributed by atoms with Gasteiger partial charge in [0.05, 0.1) is 18.3 Å². The standard InChI is InChI=1S/C26H35N7O/c1-20-24(21(2)33(29-20)18-22-6-4-3-5-7-22)19-30-14-16-32(17-15-30)26-25(27-10-11-28-26)31-12-8-23(34)9-13-31/h3-7,10-11,23,34H,8-9,12-19H2,1-2H3. The van der Waals surface area contributed by atoms with Crippen LogP contribution in [0.5, 0.6) is 0 Å². The normalized spacial score (nSPS) is 18.0. The van der Waals surface area contributed by atoms with E-state index in [0.29, 0.717) is 0 Å². The van der Waals surface area contributed by atoms with Crippen LogP contribution in [0.1, 0.15) is 35.4 Å². The Hall–Kier alpha value is -2.97. The fraction of sp³-hybridized carbons (Fsp3) is 0.500. The van der Waals surface area contributed by atoms with E-state index in [1.165, 1.54) is 16.8 Å². The van der Waals surface area contributed by atoms with Crippen molar-refractivity contribution < 1.29 is 5.11 Å². The summed E-state index contributed by atoms with van der Waals surface area (Å²) in [5, 5.41) is 14.7. The molecule has 0 radical (unpaired) electrons. The molecule has 2 fully saturated rings. The van der Waals surface area contributed by atoms with Gasteiger partial charge in [0.1, 0.15) is 0 Å². The van der Waals surface area contributed by atoms with E-state index in [4.69, 9.17) is 10.1 Å². The van der Waals surface area contributed by atoms with Gasteiger partial charge in [-0.3, -0.25) is 9.58 Å². The Kier molecular flexibility index (Phi) is 6.78. The van der Waals surface area contributed by atoms with Crippen LogP contribution in [0.15, 0.2) is 42.7 Å². The van der Waals surface area contributed by atoms with Gasteiger partial charge in [0.25, 0.3) is 0 Å². The van der Waals surface area contributed by atoms with E-state index in [1.807, 2.05) is 0 Å². The second kappa shape index (κ2) is 10.1. The van der Waals surface area contributed by atoms with Gasteiger partial charge in [-0.25, -0.2) is 9.97 Å². The Labute approximate surface area is 201 Å². The number of rotatable bonds is 6. The van der Waals surface area contributed by atoms with E-state index in [-0.39, 0.29) is 6.10 Å². The number of piperazine rings is 1. The minimum atomic E-state index is -0.191. The number of aryl methyl sites for hydroxylation is 1. The summed E-state index contributed by atoms with van der Waals surface area (Å²) in [7, 11) is 0. The van der Waals surface area contributed by atoms with Crippen LogP contribution in [0.2, 0.25) is 0 Å². The van der Waals surface area contributed by atoms with Crippen molar-refractivity contribution in [3.05, 3.63) is 65.2 Å². The molecule has 0 saturated carbocycles. The summed E-state index contributed by atoms with van der Waals surface area (Å²) in [5.74, 6) is 1.93. The Morgan fingerprint density at radius 2 is 1.44 bits per heavy atom. The van der Waals surface area contributed by atoms with Gasteiger partial charge in [-0.05, 0) is 32.3 Å². The van der Waals surface area contributed by atoms with Gasteiger partial charge >= 0.3 is 0 Å². The largest absolute Gasteiger partial charge is 0.393 e. The molecule has 0 atom stereocenters. The Morgan fingerprint density at radius 3 is 2.09 bits per heavy atom. The van der Waals surface area contributed by atoms with Crippen LogP contribution in [0, 0.1) is 13.8 Å². The van der Waals surface area contributed by atoms with E-state index in [1.54, 1.807) is 12.4 Å². The summed E-state index contributed by atoms with van der Waals surface area (Å²) in [6.07, 6.45) is 4.96. The molecule has 2 aliphatic heterocycles. The molecular weight excluding hydrogens is 426 g/mol. The lowest BCUT2D eigenvalue weighted by molar-refractivity contribution is 0.145. The number of anilines is 2. The van der Waals surface area contributed by atoms with Gasteiger partial charge in [-0.1, -0.05) is 30.3 Å². The fourth-order valence-corrected chi connectivity index (χ4v) is 5.06. The number of hydrogen-bond acceptors (Lipinski definition) is 7. The van der Waals surface area contributed by atoms with Crippen LogP contribution in [-0.4, -0.2) is 75.1 Å². The number of benzene rings is 1. The molecule has 8 nitrogen and oxygen atoms in total. The first-order valence-electron chi connectivity index (χ1n) is 12.4. The zero-order valence-corrected chi connectivity index (χ0v) is 20.3. The van der Waals surface area contributed by atoms with Crippen molar-refractivity contribution in [2.75, 3.05) is 49.1 Å². The highest BCUT2D eigenvalue weighted by atomic mass is 16.3. The first kappa shape index (κ1) is 22.8. The molecule has 4 heterocycles. The van der Waals surface area contributed by atoms with Gasteiger partial charge < -0.3 is 14.9 Å². The summed E-state index contributed by atoms with van der Waals surface area (Å²) in [5.41, 5.74) is 5.00. The maximum absolute atomic E-state index is 9.87. The molecule has 180 valence electrons. The van der Waals surface area contributed by atoms with Gasteiger partial charge in [0.2, 0.25) is 0 Å². The third-order valence-corrected chi connectivity index (χ3v) is 7.18. The van der Waals surface area contributed by atoms with Crippen LogP contribution in [0.25, 0.3) is 0 Å².